The molecule has 2 aromatic rings. The molecule has 0 aromatic heterocycles. The number of hydrogen-bond acceptors (Lipinski definition) is 3. The molecule has 0 heterocycles. The largest absolute Gasteiger partial charge is 0.573 e. The number of carboxylic acid groups (broad SMARTS) is 1. The summed E-state index contributed by atoms with van der Waals surface area (Å²) in [7, 11) is 0. The molecule has 1 atom stereocenters. The fourth-order valence-electron chi connectivity index (χ4n) is 2.07. The second kappa shape index (κ2) is 6.47. The summed E-state index contributed by atoms with van der Waals surface area (Å²) < 4.78 is 41.5. The molecule has 0 aliphatic rings. The van der Waals surface area contributed by atoms with Crippen LogP contribution in [-0.4, -0.2) is 22.5 Å². The summed E-state index contributed by atoms with van der Waals surface area (Å²) in [5.74, 6) is -2.10. The number of rotatable bonds is 4. The Morgan fingerprint density at radius 2 is 1.78 bits per heavy atom. The molecule has 0 aliphatic carbocycles. The Bertz CT molecular complexity index is 731. The lowest BCUT2D eigenvalue weighted by Crippen LogP contribution is -2.18. The van der Waals surface area contributed by atoms with Crippen LogP contribution < -0.4 is 4.74 Å². The molecule has 8 heteroatoms. The van der Waals surface area contributed by atoms with Gasteiger partial charge in [0.25, 0.3) is 0 Å². The van der Waals surface area contributed by atoms with E-state index in [0.29, 0.717) is 0 Å². The van der Waals surface area contributed by atoms with Gasteiger partial charge in [-0.25, -0.2) is 4.79 Å². The molecule has 0 amide bonds. The predicted octanol–water partition coefficient (Wildman–Crippen LogP) is 4.02. The van der Waals surface area contributed by atoms with Gasteiger partial charge in [0.05, 0.1) is 0 Å². The molecular formula is C15H10ClF3O4. The topological polar surface area (TPSA) is 66.8 Å². The molecule has 0 saturated heterocycles. The van der Waals surface area contributed by atoms with Crippen molar-refractivity contribution in [2.24, 2.45) is 0 Å². The average Bonchev–Trinajstić information content (AvgIpc) is 2.45. The number of aliphatic hydroxyl groups is 1. The fourth-order valence-corrected chi connectivity index (χ4v) is 2.36. The Morgan fingerprint density at radius 1 is 1.13 bits per heavy atom. The number of aliphatic hydroxyl groups excluding tert-OH is 1. The van der Waals surface area contributed by atoms with Crippen molar-refractivity contribution in [2.75, 3.05) is 0 Å². The lowest BCUT2D eigenvalue weighted by Gasteiger charge is -2.18. The molecule has 0 bridgehead atoms. The standard InChI is InChI=1S/C15H10ClF3O4/c16-10-6-3-5-9(13(20)14(21)22)12(10)8-4-1-2-7-11(8)23-15(17,18)19/h1-7,13,20H,(H,21,22). The molecule has 23 heavy (non-hydrogen) atoms. The summed E-state index contributed by atoms with van der Waals surface area (Å²) in [6, 6.07) is 9.17. The highest BCUT2D eigenvalue weighted by atomic mass is 35.5. The van der Waals surface area contributed by atoms with E-state index < -0.39 is 24.2 Å². The van der Waals surface area contributed by atoms with Crippen molar-refractivity contribution >= 4 is 17.6 Å². The number of hydrogen-bond donors (Lipinski definition) is 2. The first kappa shape index (κ1) is 17.1. The summed E-state index contributed by atoms with van der Waals surface area (Å²) in [4.78, 5) is 11.0. The van der Waals surface area contributed by atoms with Crippen LogP contribution in [0, 0.1) is 0 Å². The summed E-state index contributed by atoms with van der Waals surface area (Å²) in [6.45, 7) is 0. The number of benzene rings is 2. The lowest BCUT2D eigenvalue weighted by molar-refractivity contribution is -0.274. The van der Waals surface area contributed by atoms with Crippen LogP contribution in [0.1, 0.15) is 11.7 Å². The van der Waals surface area contributed by atoms with Crippen LogP contribution in [-0.2, 0) is 4.79 Å². The van der Waals surface area contributed by atoms with Gasteiger partial charge in [0.15, 0.2) is 6.10 Å². The van der Waals surface area contributed by atoms with Crippen LogP contribution in [0.5, 0.6) is 5.75 Å². The summed E-state index contributed by atoms with van der Waals surface area (Å²) >= 11 is 6.02. The second-order valence-corrected chi connectivity index (χ2v) is 4.90. The number of aliphatic carboxylic acids is 1. The molecular weight excluding hydrogens is 337 g/mol. The Hall–Kier alpha value is -2.25. The average molecular weight is 347 g/mol. The van der Waals surface area contributed by atoms with Gasteiger partial charge in [0, 0.05) is 21.7 Å². The van der Waals surface area contributed by atoms with E-state index in [0.717, 1.165) is 6.07 Å². The SMILES string of the molecule is O=C(O)C(O)c1cccc(Cl)c1-c1ccccc1OC(F)(F)F. The van der Waals surface area contributed by atoms with Gasteiger partial charge in [-0.2, -0.15) is 0 Å². The Labute approximate surface area is 133 Å². The number of para-hydroxylation sites is 1. The van der Waals surface area contributed by atoms with Crippen molar-refractivity contribution in [1.82, 2.24) is 0 Å². The van der Waals surface area contributed by atoms with Crippen LogP contribution in [0.4, 0.5) is 13.2 Å². The van der Waals surface area contributed by atoms with Gasteiger partial charge < -0.3 is 14.9 Å². The molecule has 0 saturated carbocycles. The maximum atomic E-state index is 12.5. The third kappa shape index (κ3) is 3.94. The zero-order valence-electron chi connectivity index (χ0n) is 11.3. The van der Waals surface area contributed by atoms with Crippen LogP contribution in [0.15, 0.2) is 42.5 Å². The van der Waals surface area contributed by atoms with Crippen molar-refractivity contribution in [1.29, 1.82) is 0 Å². The predicted molar refractivity (Wildman–Crippen MR) is 76.2 cm³/mol. The third-order valence-electron chi connectivity index (χ3n) is 2.96. The third-order valence-corrected chi connectivity index (χ3v) is 3.27. The quantitative estimate of drug-likeness (QED) is 0.877. The van der Waals surface area contributed by atoms with Crippen molar-refractivity contribution in [3.63, 3.8) is 0 Å². The highest BCUT2D eigenvalue weighted by Crippen LogP contribution is 2.41. The molecule has 2 rings (SSSR count). The van der Waals surface area contributed by atoms with E-state index >= 15 is 0 Å². The van der Waals surface area contributed by atoms with E-state index in [1.807, 2.05) is 0 Å². The monoisotopic (exact) mass is 346 g/mol. The van der Waals surface area contributed by atoms with Crippen LogP contribution >= 0.6 is 11.6 Å². The van der Waals surface area contributed by atoms with Crippen LogP contribution in [0.25, 0.3) is 11.1 Å². The minimum atomic E-state index is -4.93. The number of carbonyl (C=O) groups is 1. The number of halogens is 4. The van der Waals surface area contributed by atoms with E-state index in [1.165, 1.54) is 36.4 Å². The normalized spacial score (nSPS) is 12.7. The molecule has 4 nitrogen and oxygen atoms in total. The Morgan fingerprint density at radius 3 is 2.39 bits per heavy atom. The van der Waals surface area contributed by atoms with Gasteiger partial charge in [-0.1, -0.05) is 41.9 Å². The van der Waals surface area contributed by atoms with Crippen molar-refractivity contribution < 1.29 is 32.9 Å². The van der Waals surface area contributed by atoms with Gasteiger partial charge in [-0.3, -0.25) is 0 Å². The minimum Gasteiger partial charge on any atom is -0.479 e. The first-order chi connectivity index (χ1) is 10.7. The van der Waals surface area contributed by atoms with E-state index in [2.05, 4.69) is 4.74 Å². The summed E-state index contributed by atoms with van der Waals surface area (Å²) in [6.07, 6.45) is -6.87. The zero-order valence-corrected chi connectivity index (χ0v) is 12.1. The Kier molecular flexibility index (Phi) is 4.82. The number of ether oxygens (including phenoxy) is 1. The number of alkyl halides is 3. The maximum absolute atomic E-state index is 12.5. The molecule has 0 spiro atoms. The van der Waals surface area contributed by atoms with Crippen molar-refractivity contribution in [3.05, 3.63) is 53.1 Å². The highest BCUT2D eigenvalue weighted by molar-refractivity contribution is 6.33. The van der Waals surface area contributed by atoms with Gasteiger partial charge in [0.2, 0.25) is 0 Å². The first-order valence-electron chi connectivity index (χ1n) is 6.25. The molecule has 2 N–H and O–H groups in total. The Balaban J connectivity index is 2.66. The van der Waals surface area contributed by atoms with Gasteiger partial charge >= 0.3 is 12.3 Å². The van der Waals surface area contributed by atoms with Gasteiger partial charge in [0.1, 0.15) is 5.75 Å². The van der Waals surface area contributed by atoms with Crippen molar-refractivity contribution in [3.8, 4) is 16.9 Å². The maximum Gasteiger partial charge on any atom is 0.573 e. The summed E-state index contributed by atoms with van der Waals surface area (Å²) in [5, 5.41) is 18.7. The molecule has 2 aromatic carbocycles. The molecule has 1 unspecified atom stereocenters. The van der Waals surface area contributed by atoms with E-state index in [-0.39, 0.29) is 21.7 Å². The smallest absolute Gasteiger partial charge is 0.479 e. The van der Waals surface area contributed by atoms with Gasteiger partial charge in [-0.15, -0.1) is 13.2 Å². The van der Waals surface area contributed by atoms with E-state index in [4.69, 9.17) is 16.7 Å². The zero-order chi connectivity index (χ0) is 17.2. The minimum absolute atomic E-state index is 0.0129. The molecule has 0 radical (unpaired) electrons. The van der Waals surface area contributed by atoms with Gasteiger partial charge in [-0.05, 0) is 12.1 Å². The summed E-state index contributed by atoms with van der Waals surface area (Å²) in [5.41, 5.74) is -0.252. The molecule has 122 valence electrons. The van der Waals surface area contributed by atoms with Crippen LogP contribution in [0.2, 0.25) is 5.02 Å². The molecule has 0 fully saturated rings. The lowest BCUT2D eigenvalue weighted by atomic mass is 9.95. The van der Waals surface area contributed by atoms with Crippen LogP contribution in [0.3, 0.4) is 0 Å². The van der Waals surface area contributed by atoms with E-state index in [9.17, 15) is 23.1 Å². The second-order valence-electron chi connectivity index (χ2n) is 4.49. The highest BCUT2D eigenvalue weighted by Gasteiger charge is 2.33. The number of carboxylic acids is 1. The van der Waals surface area contributed by atoms with Crippen molar-refractivity contribution in [2.45, 2.75) is 12.5 Å². The van der Waals surface area contributed by atoms with E-state index in [1.54, 1.807) is 0 Å². The fraction of sp³-hybridized carbons (Fsp3) is 0.133. The first-order valence-corrected chi connectivity index (χ1v) is 6.63. The molecule has 0 aliphatic heterocycles.